The molecule has 4 nitrogen and oxygen atoms in total. The first kappa shape index (κ1) is 13.5. The molecule has 16 heavy (non-hydrogen) atoms. The minimum absolute atomic E-state index is 0. The van der Waals surface area contributed by atoms with Gasteiger partial charge in [0.2, 0.25) is 0 Å². The van der Waals surface area contributed by atoms with Crippen molar-refractivity contribution in [1.29, 1.82) is 0 Å². The molecular weight excluding hydrogens is 226 g/mol. The van der Waals surface area contributed by atoms with E-state index in [-0.39, 0.29) is 12.4 Å². The van der Waals surface area contributed by atoms with Crippen LogP contribution in [0, 0.1) is 6.92 Å². The van der Waals surface area contributed by atoms with Gasteiger partial charge in [-0.2, -0.15) is 0 Å². The summed E-state index contributed by atoms with van der Waals surface area (Å²) in [7, 11) is 2.03. The molecule has 1 unspecified atom stereocenters. The Balaban J connectivity index is 0.00000128. The average molecular weight is 246 g/mol. The van der Waals surface area contributed by atoms with E-state index in [1.807, 2.05) is 20.0 Å². The predicted molar refractivity (Wildman–Crippen MR) is 65.8 cm³/mol. The van der Waals surface area contributed by atoms with E-state index in [0.717, 1.165) is 31.1 Å². The lowest BCUT2D eigenvalue weighted by atomic mass is 10.1. The van der Waals surface area contributed by atoms with Crippen molar-refractivity contribution in [2.24, 2.45) is 0 Å². The van der Waals surface area contributed by atoms with E-state index in [0.29, 0.717) is 6.04 Å². The third-order valence-corrected chi connectivity index (χ3v) is 2.97. The second kappa shape index (κ2) is 6.23. The number of hydrogen-bond acceptors (Lipinski definition) is 4. The Morgan fingerprint density at radius 2 is 2.44 bits per heavy atom. The molecule has 1 N–H and O–H groups in total. The molecule has 2 rings (SSSR count). The summed E-state index contributed by atoms with van der Waals surface area (Å²) in [6.45, 7) is 5.12. The van der Waals surface area contributed by atoms with Crippen LogP contribution in [-0.2, 0) is 6.54 Å². The smallest absolute Gasteiger partial charge is 0.150 e. The highest BCUT2D eigenvalue weighted by Gasteiger charge is 2.19. The molecule has 2 heterocycles. The largest absolute Gasteiger partial charge is 0.360 e. The van der Waals surface area contributed by atoms with Crippen LogP contribution < -0.4 is 5.32 Å². The maximum absolute atomic E-state index is 5.22. The molecule has 92 valence electrons. The molecule has 0 spiro atoms. The van der Waals surface area contributed by atoms with Gasteiger partial charge < -0.3 is 9.84 Å². The van der Waals surface area contributed by atoms with Gasteiger partial charge in [0.05, 0.1) is 12.2 Å². The number of nitrogens with one attached hydrogen (secondary N) is 1. The van der Waals surface area contributed by atoms with Crippen molar-refractivity contribution in [3.8, 4) is 0 Å². The van der Waals surface area contributed by atoms with Crippen LogP contribution in [0.3, 0.4) is 0 Å². The van der Waals surface area contributed by atoms with E-state index in [1.165, 1.54) is 12.8 Å². The quantitative estimate of drug-likeness (QED) is 0.878. The van der Waals surface area contributed by atoms with Gasteiger partial charge in [-0.1, -0.05) is 5.16 Å². The molecule has 0 radical (unpaired) electrons. The van der Waals surface area contributed by atoms with Gasteiger partial charge in [-0.15, -0.1) is 12.4 Å². The van der Waals surface area contributed by atoms with Crippen molar-refractivity contribution in [3.05, 3.63) is 17.5 Å². The molecule has 0 saturated carbocycles. The number of hydrogen-bond donors (Lipinski definition) is 1. The third kappa shape index (κ3) is 3.47. The van der Waals surface area contributed by atoms with Crippen LogP contribution in [0.25, 0.3) is 0 Å². The van der Waals surface area contributed by atoms with Crippen molar-refractivity contribution < 1.29 is 4.52 Å². The number of likely N-dealkylation sites (tertiary alicyclic amines) is 1. The zero-order valence-corrected chi connectivity index (χ0v) is 10.7. The molecule has 1 fully saturated rings. The molecule has 5 heteroatoms. The number of halogens is 1. The highest BCUT2D eigenvalue weighted by atomic mass is 35.5. The molecule has 0 aromatic carbocycles. The molecule has 1 atom stereocenters. The minimum atomic E-state index is 0. The Morgan fingerprint density at radius 3 is 3.06 bits per heavy atom. The molecule has 1 saturated heterocycles. The molecule has 1 aromatic heterocycles. The van der Waals surface area contributed by atoms with Crippen molar-refractivity contribution in [2.45, 2.75) is 32.4 Å². The number of aromatic nitrogens is 1. The van der Waals surface area contributed by atoms with Gasteiger partial charge in [0.25, 0.3) is 0 Å². The van der Waals surface area contributed by atoms with Crippen LogP contribution in [0.15, 0.2) is 10.6 Å². The Bertz CT molecular complexity index is 316. The molecular formula is C11H20ClN3O. The fraction of sp³-hybridized carbons (Fsp3) is 0.727. The van der Waals surface area contributed by atoms with Crippen molar-refractivity contribution in [2.75, 3.05) is 20.1 Å². The van der Waals surface area contributed by atoms with Gasteiger partial charge in [0.15, 0.2) is 5.76 Å². The fourth-order valence-electron chi connectivity index (χ4n) is 2.15. The predicted octanol–water partition coefficient (Wildman–Crippen LogP) is 1.59. The maximum Gasteiger partial charge on any atom is 0.150 e. The van der Waals surface area contributed by atoms with E-state index >= 15 is 0 Å². The summed E-state index contributed by atoms with van der Waals surface area (Å²) in [6, 6.07) is 2.64. The van der Waals surface area contributed by atoms with E-state index in [9.17, 15) is 0 Å². The van der Waals surface area contributed by atoms with Crippen LogP contribution in [0.5, 0.6) is 0 Å². The van der Waals surface area contributed by atoms with Crippen molar-refractivity contribution in [1.82, 2.24) is 15.4 Å². The molecule has 0 bridgehead atoms. The zero-order chi connectivity index (χ0) is 10.7. The first-order valence-electron chi connectivity index (χ1n) is 5.60. The van der Waals surface area contributed by atoms with Gasteiger partial charge >= 0.3 is 0 Å². The summed E-state index contributed by atoms with van der Waals surface area (Å²) in [6.07, 6.45) is 2.54. The van der Waals surface area contributed by atoms with E-state index in [4.69, 9.17) is 4.52 Å². The van der Waals surface area contributed by atoms with Crippen molar-refractivity contribution >= 4 is 12.4 Å². The maximum atomic E-state index is 5.22. The van der Waals surface area contributed by atoms with Gasteiger partial charge in [0.1, 0.15) is 0 Å². The van der Waals surface area contributed by atoms with Crippen LogP contribution in [-0.4, -0.2) is 36.2 Å². The van der Waals surface area contributed by atoms with Crippen LogP contribution >= 0.6 is 12.4 Å². The number of aryl methyl sites for hydroxylation is 1. The summed E-state index contributed by atoms with van der Waals surface area (Å²) >= 11 is 0. The third-order valence-electron chi connectivity index (χ3n) is 2.97. The Hall–Kier alpha value is -0.580. The topological polar surface area (TPSA) is 41.3 Å². The number of nitrogens with zero attached hydrogens (tertiary/aromatic N) is 2. The molecule has 1 aliphatic rings. The first-order valence-corrected chi connectivity index (χ1v) is 5.60. The molecule has 0 amide bonds. The SMILES string of the molecule is CNC1CCCN(Cc2cc(C)no2)C1.Cl. The lowest BCUT2D eigenvalue weighted by molar-refractivity contribution is 0.170. The van der Waals surface area contributed by atoms with Crippen molar-refractivity contribution in [3.63, 3.8) is 0 Å². The second-order valence-corrected chi connectivity index (χ2v) is 4.30. The lowest BCUT2D eigenvalue weighted by Gasteiger charge is -2.31. The number of likely N-dealkylation sites (N-methyl/N-ethyl adjacent to an activating group) is 1. The van der Waals surface area contributed by atoms with Gasteiger partial charge in [-0.25, -0.2) is 0 Å². The minimum Gasteiger partial charge on any atom is -0.360 e. The standard InChI is InChI=1S/C11H19N3O.ClH/c1-9-6-11(15-13-9)8-14-5-3-4-10(7-14)12-2;/h6,10,12H,3-5,7-8H2,1-2H3;1H. The highest BCUT2D eigenvalue weighted by molar-refractivity contribution is 5.85. The van der Waals surface area contributed by atoms with E-state index in [2.05, 4.69) is 15.4 Å². The van der Waals surface area contributed by atoms with Gasteiger partial charge in [0, 0.05) is 18.7 Å². The Labute approximate surface area is 103 Å². The summed E-state index contributed by atoms with van der Waals surface area (Å²) in [5.41, 5.74) is 0.965. The molecule has 0 aliphatic carbocycles. The average Bonchev–Trinajstić information content (AvgIpc) is 2.64. The Kier molecular flexibility index (Phi) is 5.25. The normalized spacial score (nSPS) is 21.8. The summed E-state index contributed by atoms with van der Waals surface area (Å²) in [5, 5.41) is 7.24. The van der Waals surface area contributed by atoms with E-state index < -0.39 is 0 Å². The fourth-order valence-corrected chi connectivity index (χ4v) is 2.15. The highest BCUT2D eigenvalue weighted by Crippen LogP contribution is 2.13. The van der Waals surface area contributed by atoms with Crippen LogP contribution in [0.1, 0.15) is 24.3 Å². The molecule has 1 aliphatic heterocycles. The summed E-state index contributed by atoms with van der Waals surface area (Å²) in [5.74, 6) is 0.976. The van der Waals surface area contributed by atoms with Gasteiger partial charge in [-0.3, -0.25) is 4.90 Å². The van der Waals surface area contributed by atoms with Crippen LogP contribution in [0.4, 0.5) is 0 Å². The summed E-state index contributed by atoms with van der Waals surface area (Å²) in [4.78, 5) is 2.42. The Morgan fingerprint density at radius 1 is 1.62 bits per heavy atom. The number of rotatable bonds is 3. The second-order valence-electron chi connectivity index (χ2n) is 4.30. The lowest BCUT2D eigenvalue weighted by Crippen LogP contribution is -2.43. The number of piperidine rings is 1. The molecule has 1 aromatic rings. The monoisotopic (exact) mass is 245 g/mol. The summed E-state index contributed by atoms with van der Waals surface area (Å²) < 4.78 is 5.22. The van der Waals surface area contributed by atoms with E-state index in [1.54, 1.807) is 0 Å². The van der Waals surface area contributed by atoms with Gasteiger partial charge in [-0.05, 0) is 33.4 Å². The van der Waals surface area contributed by atoms with Crippen LogP contribution in [0.2, 0.25) is 0 Å². The zero-order valence-electron chi connectivity index (χ0n) is 9.90. The first-order chi connectivity index (χ1) is 7.28.